The van der Waals surface area contributed by atoms with Crippen molar-refractivity contribution in [2.75, 3.05) is 13.1 Å². The van der Waals surface area contributed by atoms with Crippen LogP contribution >= 0.6 is 0 Å². The third-order valence-electron chi connectivity index (χ3n) is 3.48. The average molecular weight is 348 g/mol. The summed E-state index contributed by atoms with van der Waals surface area (Å²) in [4.78, 5) is 23.4. The zero-order valence-corrected chi connectivity index (χ0v) is 13.3. The number of carbonyl (C=O) groups excluding carboxylic acids is 2. The summed E-state index contributed by atoms with van der Waals surface area (Å²) in [5.41, 5.74) is 0.307. The number of amides is 2. The molecule has 5 nitrogen and oxygen atoms in total. The molecule has 1 unspecified atom stereocenters. The Morgan fingerprint density at radius 2 is 1.56 bits per heavy atom. The lowest BCUT2D eigenvalue weighted by atomic mass is 10.1. The van der Waals surface area contributed by atoms with Gasteiger partial charge in [0.05, 0.1) is 18.5 Å². The number of nitrogens with one attached hydrogen (secondary N) is 2. The first-order valence-electron chi connectivity index (χ1n) is 7.66. The fraction of sp³-hybridized carbons (Fsp3) is 0.222. The van der Waals surface area contributed by atoms with E-state index in [-0.39, 0.29) is 25.4 Å². The Bertz CT molecular complexity index is 718. The van der Waals surface area contributed by atoms with E-state index in [9.17, 15) is 23.5 Å². The van der Waals surface area contributed by atoms with E-state index in [1.54, 1.807) is 24.3 Å². The first kappa shape index (κ1) is 18.5. The fourth-order valence-electron chi connectivity index (χ4n) is 2.23. The minimum atomic E-state index is -1.52. The molecule has 0 spiro atoms. The molecule has 0 aliphatic rings. The fourth-order valence-corrected chi connectivity index (χ4v) is 2.23. The zero-order chi connectivity index (χ0) is 18.2. The SMILES string of the molecule is O=C(CNC(=O)Cc1ccccc1)NCC(O)c1c(F)cccc1F. The molecule has 132 valence electrons. The van der Waals surface area contributed by atoms with Gasteiger partial charge in [0.25, 0.3) is 0 Å². The molecule has 25 heavy (non-hydrogen) atoms. The van der Waals surface area contributed by atoms with Gasteiger partial charge in [0.2, 0.25) is 11.8 Å². The first-order valence-corrected chi connectivity index (χ1v) is 7.66. The molecular formula is C18H18F2N2O3. The molecular weight excluding hydrogens is 330 g/mol. The maximum atomic E-state index is 13.5. The Balaban J connectivity index is 1.76. The lowest BCUT2D eigenvalue weighted by Crippen LogP contribution is -2.39. The summed E-state index contributed by atoms with van der Waals surface area (Å²) in [6, 6.07) is 12.2. The van der Waals surface area contributed by atoms with Crippen molar-refractivity contribution in [1.82, 2.24) is 10.6 Å². The van der Waals surface area contributed by atoms with Gasteiger partial charge in [-0.1, -0.05) is 36.4 Å². The van der Waals surface area contributed by atoms with Gasteiger partial charge in [-0.25, -0.2) is 8.78 Å². The van der Waals surface area contributed by atoms with E-state index in [0.29, 0.717) is 0 Å². The number of carbonyl (C=O) groups is 2. The van der Waals surface area contributed by atoms with Gasteiger partial charge in [-0.2, -0.15) is 0 Å². The van der Waals surface area contributed by atoms with E-state index in [4.69, 9.17) is 0 Å². The van der Waals surface area contributed by atoms with Crippen LogP contribution in [-0.2, 0) is 16.0 Å². The third-order valence-corrected chi connectivity index (χ3v) is 3.48. The average Bonchev–Trinajstić information content (AvgIpc) is 2.59. The molecule has 0 radical (unpaired) electrons. The minimum Gasteiger partial charge on any atom is -0.386 e. The number of aliphatic hydroxyl groups is 1. The standard InChI is InChI=1S/C18H18F2N2O3/c19-13-7-4-8-14(20)18(13)15(23)10-21-17(25)11-22-16(24)9-12-5-2-1-3-6-12/h1-8,15,23H,9-11H2,(H,21,25)(H,22,24). The van der Waals surface area contributed by atoms with Crippen molar-refractivity contribution in [3.8, 4) is 0 Å². The maximum absolute atomic E-state index is 13.5. The Morgan fingerprint density at radius 1 is 0.920 bits per heavy atom. The second-order valence-corrected chi connectivity index (χ2v) is 5.39. The van der Waals surface area contributed by atoms with Crippen molar-refractivity contribution >= 4 is 11.8 Å². The smallest absolute Gasteiger partial charge is 0.239 e. The highest BCUT2D eigenvalue weighted by molar-refractivity contribution is 5.85. The lowest BCUT2D eigenvalue weighted by molar-refractivity contribution is -0.126. The molecule has 0 aliphatic heterocycles. The molecule has 0 saturated heterocycles. The molecule has 0 fully saturated rings. The molecule has 7 heteroatoms. The van der Waals surface area contributed by atoms with Crippen LogP contribution in [-0.4, -0.2) is 30.0 Å². The normalized spacial score (nSPS) is 11.6. The quantitative estimate of drug-likeness (QED) is 0.709. The molecule has 2 amide bonds. The first-order chi connectivity index (χ1) is 12.0. The number of aliphatic hydroxyl groups excluding tert-OH is 1. The predicted octanol–water partition coefficient (Wildman–Crippen LogP) is 1.47. The Hall–Kier alpha value is -2.80. The van der Waals surface area contributed by atoms with Crippen LogP contribution in [0.5, 0.6) is 0 Å². The van der Waals surface area contributed by atoms with E-state index in [1.807, 2.05) is 6.07 Å². The summed E-state index contributed by atoms with van der Waals surface area (Å²) in [6.45, 7) is -0.663. The van der Waals surface area contributed by atoms with Crippen LogP contribution in [0, 0.1) is 11.6 Å². The Labute approximate surface area is 143 Å². The summed E-state index contributed by atoms with van der Waals surface area (Å²) < 4.78 is 27.0. The van der Waals surface area contributed by atoms with E-state index < -0.39 is 29.2 Å². The van der Waals surface area contributed by atoms with Crippen LogP contribution in [0.2, 0.25) is 0 Å². The Morgan fingerprint density at radius 3 is 2.20 bits per heavy atom. The van der Waals surface area contributed by atoms with Gasteiger partial charge in [-0.3, -0.25) is 9.59 Å². The summed E-state index contributed by atoms with van der Waals surface area (Å²) in [5, 5.41) is 14.6. The van der Waals surface area contributed by atoms with Gasteiger partial charge < -0.3 is 15.7 Å². The molecule has 0 aromatic heterocycles. The number of halogens is 2. The molecule has 2 aromatic carbocycles. The van der Waals surface area contributed by atoms with E-state index in [2.05, 4.69) is 10.6 Å². The molecule has 2 rings (SSSR count). The van der Waals surface area contributed by atoms with Gasteiger partial charge >= 0.3 is 0 Å². The van der Waals surface area contributed by atoms with Crippen molar-refractivity contribution in [1.29, 1.82) is 0 Å². The van der Waals surface area contributed by atoms with Crippen molar-refractivity contribution in [3.63, 3.8) is 0 Å². The molecule has 0 heterocycles. The predicted molar refractivity (Wildman–Crippen MR) is 87.5 cm³/mol. The van der Waals surface area contributed by atoms with Gasteiger partial charge in [-0.05, 0) is 17.7 Å². The highest BCUT2D eigenvalue weighted by Crippen LogP contribution is 2.19. The number of hydrogen-bond acceptors (Lipinski definition) is 3. The summed E-state index contributed by atoms with van der Waals surface area (Å²) in [7, 11) is 0. The minimum absolute atomic E-state index is 0.136. The molecule has 2 aromatic rings. The van der Waals surface area contributed by atoms with Gasteiger partial charge in [0, 0.05) is 6.54 Å². The number of benzene rings is 2. The monoisotopic (exact) mass is 348 g/mol. The largest absolute Gasteiger partial charge is 0.386 e. The van der Waals surface area contributed by atoms with Crippen LogP contribution in [0.3, 0.4) is 0 Å². The highest BCUT2D eigenvalue weighted by atomic mass is 19.1. The molecule has 3 N–H and O–H groups in total. The van der Waals surface area contributed by atoms with Crippen molar-refractivity contribution < 1.29 is 23.5 Å². The van der Waals surface area contributed by atoms with Crippen LogP contribution in [0.4, 0.5) is 8.78 Å². The Kier molecular flexibility index (Phi) is 6.59. The maximum Gasteiger partial charge on any atom is 0.239 e. The second-order valence-electron chi connectivity index (χ2n) is 5.39. The molecule has 0 aliphatic carbocycles. The molecule has 0 saturated carbocycles. The van der Waals surface area contributed by atoms with Crippen LogP contribution in [0.25, 0.3) is 0 Å². The number of hydrogen-bond donors (Lipinski definition) is 3. The molecule has 1 atom stereocenters. The topological polar surface area (TPSA) is 78.4 Å². The van der Waals surface area contributed by atoms with Crippen LogP contribution in [0.1, 0.15) is 17.2 Å². The van der Waals surface area contributed by atoms with Crippen LogP contribution < -0.4 is 10.6 Å². The van der Waals surface area contributed by atoms with Gasteiger partial charge in [-0.15, -0.1) is 0 Å². The summed E-state index contributed by atoms with van der Waals surface area (Å²) >= 11 is 0. The third kappa shape index (κ3) is 5.65. The van der Waals surface area contributed by atoms with Crippen molar-refractivity contribution in [3.05, 3.63) is 71.3 Å². The van der Waals surface area contributed by atoms with E-state index in [0.717, 1.165) is 17.7 Å². The number of rotatable bonds is 7. The van der Waals surface area contributed by atoms with Crippen molar-refractivity contribution in [2.45, 2.75) is 12.5 Å². The van der Waals surface area contributed by atoms with Crippen LogP contribution in [0.15, 0.2) is 48.5 Å². The summed E-state index contributed by atoms with van der Waals surface area (Å²) in [5.74, 6) is -2.69. The highest BCUT2D eigenvalue weighted by Gasteiger charge is 2.18. The zero-order valence-electron chi connectivity index (χ0n) is 13.3. The second kappa shape index (κ2) is 8.89. The lowest BCUT2D eigenvalue weighted by Gasteiger charge is -2.14. The van der Waals surface area contributed by atoms with E-state index >= 15 is 0 Å². The molecule has 0 bridgehead atoms. The van der Waals surface area contributed by atoms with E-state index in [1.165, 1.54) is 6.07 Å². The van der Waals surface area contributed by atoms with Gasteiger partial charge in [0.1, 0.15) is 17.7 Å². The van der Waals surface area contributed by atoms with Gasteiger partial charge in [0.15, 0.2) is 0 Å². The van der Waals surface area contributed by atoms with Crippen molar-refractivity contribution in [2.24, 2.45) is 0 Å². The summed E-state index contributed by atoms with van der Waals surface area (Å²) in [6.07, 6.45) is -1.39.